The summed E-state index contributed by atoms with van der Waals surface area (Å²) in [6, 6.07) is 1.64. The van der Waals surface area contributed by atoms with E-state index in [9.17, 15) is 0 Å². The molecular weight excluding hydrogens is 551 g/mol. The van der Waals surface area contributed by atoms with Gasteiger partial charge in [0, 0.05) is 0 Å². The van der Waals surface area contributed by atoms with Crippen LogP contribution in [0.2, 0.25) is 22.0 Å². The molecule has 0 radical (unpaired) electrons. The maximum atomic E-state index is 5.64. The molecule has 176 valence electrons. The Balaban J connectivity index is 4.87. The third-order valence-corrected chi connectivity index (χ3v) is 33.8. The van der Waals surface area contributed by atoms with Crippen LogP contribution in [0, 0.1) is 10.8 Å². The van der Waals surface area contributed by atoms with Crippen LogP contribution in [0.1, 0.15) is 27.7 Å². The first-order valence-electron chi connectivity index (χ1n) is 9.78. The fourth-order valence-corrected chi connectivity index (χ4v) is 27.0. The van der Waals surface area contributed by atoms with Gasteiger partial charge in [0.25, 0.3) is 0 Å². The summed E-state index contributed by atoms with van der Waals surface area (Å²) >= 11 is -2.33. The summed E-state index contributed by atoms with van der Waals surface area (Å²) in [5.74, 6) is 2.17. The molecule has 11 heteroatoms. The fraction of sp³-hybridized carbons (Fsp3) is 1.00. The predicted octanol–water partition coefficient (Wildman–Crippen LogP) is 4.96. The molecule has 0 heterocycles. The van der Waals surface area contributed by atoms with Gasteiger partial charge in [-0.15, -0.1) is 0 Å². The van der Waals surface area contributed by atoms with E-state index >= 15 is 0 Å². The monoisotopic (exact) mass is 596 g/mol. The van der Waals surface area contributed by atoms with Crippen molar-refractivity contribution in [2.24, 2.45) is 10.8 Å². The summed E-state index contributed by atoms with van der Waals surface area (Å²) < 4.78 is 33.8. The number of hydrogen-bond donors (Lipinski definition) is 0. The van der Waals surface area contributed by atoms with Gasteiger partial charge < -0.3 is 0 Å². The zero-order valence-electron chi connectivity index (χ0n) is 20.6. The van der Waals surface area contributed by atoms with Crippen molar-refractivity contribution >= 4 is 51.1 Å². The summed E-state index contributed by atoms with van der Waals surface area (Å²) in [5, 5.41) is 0. The second kappa shape index (κ2) is 12.8. The van der Waals surface area contributed by atoms with Gasteiger partial charge >= 0.3 is 192 Å². The van der Waals surface area contributed by atoms with E-state index in [2.05, 4.69) is 55.5 Å². The van der Waals surface area contributed by atoms with E-state index in [-0.39, 0.29) is 10.8 Å². The van der Waals surface area contributed by atoms with Crippen LogP contribution in [-0.4, -0.2) is 87.4 Å². The maximum absolute atomic E-state index is 5.64. The van der Waals surface area contributed by atoms with E-state index in [4.69, 9.17) is 26.6 Å². The van der Waals surface area contributed by atoms with E-state index in [1.54, 1.807) is 42.7 Å². The molecule has 6 nitrogen and oxygen atoms in total. The molecule has 0 aliphatic heterocycles. The molecule has 0 fully saturated rings. The van der Waals surface area contributed by atoms with Crippen LogP contribution < -0.4 is 0 Å². The van der Waals surface area contributed by atoms with Gasteiger partial charge in [-0.1, -0.05) is 0 Å². The molecule has 0 aliphatic rings. The van der Waals surface area contributed by atoms with Gasteiger partial charge in [-0.25, -0.2) is 0 Å². The van der Waals surface area contributed by atoms with E-state index in [1.165, 1.54) is 0 Å². The number of hydrogen-bond acceptors (Lipinski definition) is 8. The van der Waals surface area contributed by atoms with Gasteiger partial charge in [-0.3, -0.25) is 0 Å². The average molecular weight is 596 g/mol. The molecule has 0 bridgehead atoms. The zero-order valence-corrected chi connectivity index (χ0v) is 27.1. The van der Waals surface area contributed by atoms with Crippen LogP contribution in [0.15, 0.2) is 0 Å². The standard InChI is InChI=1S/2C8H20O3SSi.2CH3.Sn/c2*1-8(2,6-12)7-13(9-3,10-4)11-5;;;/h2*12H,6-7H2,1-5H3;2*1H3;/q;;;;+2/p-2. The molecule has 0 unspecified atom stereocenters. The minimum absolute atomic E-state index is 0.0907. The van der Waals surface area contributed by atoms with Crippen molar-refractivity contribution in [3.8, 4) is 0 Å². The van der Waals surface area contributed by atoms with Gasteiger partial charge in [-0.05, 0) is 0 Å². The van der Waals surface area contributed by atoms with Crippen LogP contribution >= 0.6 is 17.9 Å². The van der Waals surface area contributed by atoms with Crippen molar-refractivity contribution in [3.05, 3.63) is 0 Å². The minimum atomic E-state index is -2.57. The molecular formula is C18H44O6S2Si2Sn. The van der Waals surface area contributed by atoms with Gasteiger partial charge in [0.05, 0.1) is 0 Å². The summed E-state index contributed by atoms with van der Waals surface area (Å²) in [4.78, 5) is 4.99. The first kappa shape index (κ1) is 30.7. The Labute approximate surface area is 191 Å². The molecule has 0 amide bonds. The fourth-order valence-electron chi connectivity index (χ4n) is 2.99. The molecule has 0 saturated heterocycles. The summed E-state index contributed by atoms with van der Waals surface area (Å²) in [7, 11) is 9.34. The second-order valence-electron chi connectivity index (χ2n) is 9.25. The molecule has 0 aliphatic carbocycles. The molecule has 0 spiro atoms. The Morgan fingerprint density at radius 2 is 0.828 bits per heavy atom. The Hall–Kier alpha value is 1.69. The summed E-state index contributed by atoms with van der Waals surface area (Å²) in [6.45, 7) is 9.13. The molecule has 0 aromatic rings. The van der Waals surface area contributed by atoms with Crippen LogP contribution in [0.4, 0.5) is 0 Å². The van der Waals surface area contributed by atoms with E-state index in [0.717, 1.165) is 23.6 Å². The van der Waals surface area contributed by atoms with E-state index < -0.39 is 33.2 Å². The zero-order chi connectivity index (χ0) is 23.0. The van der Waals surface area contributed by atoms with Crippen molar-refractivity contribution < 1.29 is 26.6 Å². The molecule has 0 N–H and O–H groups in total. The molecule has 0 aromatic heterocycles. The molecule has 0 rings (SSSR count). The SMILES string of the molecule is CO[Si](CC(C)(C)C[S][Sn]([CH3])([CH3])[S]CC(C)(C)C[Si](OC)(OC)OC)(OC)OC. The second-order valence-corrected chi connectivity index (χ2v) is 44.7. The summed E-state index contributed by atoms with van der Waals surface area (Å²) in [6.07, 6.45) is 0. The predicted molar refractivity (Wildman–Crippen MR) is 133 cm³/mol. The van der Waals surface area contributed by atoms with Crippen LogP contribution in [0.5, 0.6) is 0 Å². The van der Waals surface area contributed by atoms with E-state index in [1.807, 2.05) is 0 Å². The van der Waals surface area contributed by atoms with Crippen molar-refractivity contribution in [3.63, 3.8) is 0 Å². The number of rotatable bonds is 16. The third-order valence-electron chi connectivity index (χ3n) is 4.88. The Bertz CT molecular complexity index is 419. The quantitative estimate of drug-likeness (QED) is 0.232. The molecule has 0 atom stereocenters. The summed E-state index contributed by atoms with van der Waals surface area (Å²) in [5.41, 5.74) is 0.181. The van der Waals surface area contributed by atoms with Crippen molar-refractivity contribution in [2.75, 3.05) is 54.2 Å². The molecule has 0 aromatic carbocycles. The first-order valence-corrected chi connectivity index (χ1v) is 28.3. The van der Waals surface area contributed by atoms with Crippen molar-refractivity contribution in [1.82, 2.24) is 0 Å². The van der Waals surface area contributed by atoms with Gasteiger partial charge in [0.1, 0.15) is 0 Å². The molecule has 0 saturated carbocycles. The van der Waals surface area contributed by atoms with Crippen LogP contribution in [0.3, 0.4) is 0 Å². The van der Waals surface area contributed by atoms with Gasteiger partial charge in [-0.2, -0.15) is 0 Å². The molecule has 29 heavy (non-hydrogen) atoms. The van der Waals surface area contributed by atoms with Crippen molar-refractivity contribution in [2.45, 2.75) is 49.7 Å². The van der Waals surface area contributed by atoms with Crippen LogP contribution in [0.25, 0.3) is 0 Å². The van der Waals surface area contributed by atoms with Crippen molar-refractivity contribution in [1.29, 1.82) is 0 Å². The Morgan fingerprint density at radius 3 is 1.03 bits per heavy atom. The van der Waals surface area contributed by atoms with Gasteiger partial charge in [0.15, 0.2) is 0 Å². The van der Waals surface area contributed by atoms with E-state index in [0.29, 0.717) is 0 Å². The normalized spacial score (nSPS) is 14.5. The third kappa shape index (κ3) is 10.9. The topological polar surface area (TPSA) is 55.4 Å². The van der Waals surface area contributed by atoms with Gasteiger partial charge in [0.2, 0.25) is 0 Å². The first-order chi connectivity index (χ1) is 13.2. The Kier molecular flexibility index (Phi) is 13.6. The average Bonchev–Trinajstić information content (AvgIpc) is 2.68. The van der Waals surface area contributed by atoms with Crippen LogP contribution in [-0.2, 0) is 26.6 Å². The Morgan fingerprint density at radius 1 is 0.586 bits per heavy atom.